The molecule has 1 saturated heterocycles. The zero-order chi connectivity index (χ0) is 33.1. The van der Waals surface area contributed by atoms with Gasteiger partial charge in [-0.05, 0) is 52.7 Å². The van der Waals surface area contributed by atoms with Gasteiger partial charge in [0.1, 0.15) is 34.9 Å². The minimum absolute atomic E-state index is 0.0217. The van der Waals surface area contributed by atoms with Gasteiger partial charge in [-0.1, -0.05) is 13.8 Å². The summed E-state index contributed by atoms with van der Waals surface area (Å²) in [4.78, 5) is 49.5. The molecular weight excluding hydrogens is 596 g/mol. The lowest BCUT2D eigenvalue weighted by Gasteiger charge is -2.28. The zero-order valence-corrected chi connectivity index (χ0v) is 28.0. The second kappa shape index (κ2) is 13.9. The van der Waals surface area contributed by atoms with Gasteiger partial charge in [0, 0.05) is 47.8 Å². The van der Waals surface area contributed by atoms with Crippen LogP contribution in [0.25, 0.3) is 22.3 Å². The number of alkyl carbamates (subject to hydrolysis) is 1. The molecule has 0 bridgehead atoms. The largest absolute Gasteiger partial charge is 0.497 e. The number of nitrogens with two attached hydrogens (primary N) is 1. The van der Waals surface area contributed by atoms with Gasteiger partial charge in [-0.2, -0.15) is 0 Å². The Morgan fingerprint density at radius 2 is 1.84 bits per heavy atom. The van der Waals surface area contributed by atoms with Crippen LogP contribution in [-0.4, -0.2) is 76.3 Å². The molecule has 3 heterocycles. The maximum absolute atomic E-state index is 13.6. The van der Waals surface area contributed by atoms with Crippen LogP contribution < -0.4 is 25.8 Å². The van der Waals surface area contributed by atoms with Crippen LogP contribution in [0.4, 0.5) is 9.93 Å². The quantitative estimate of drug-likeness (QED) is 0.263. The van der Waals surface area contributed by atoms with Crippen molar-refractivity contribution in [3.05, 3.63) is 29.6 Å². The van der Waals surface area contributed by atoms with E-state index in [0.29, 0.717) is 28.4 Å². The van der Waals surface area contributed by atoms with E-state index in [2.05, 4.69) is 10.6 Å². The molecule has 12 nitrogen and oxygen atoms in total. The predicted octanol–water partition coefficient (Wildman–Crippen LogP) is 4.96. The fourth-order valence-electron chi connectivity index (χ4n) is 5.06. The number of methoxy groups -OCH3 is 1. The number of benzene rings is 1. The summed E-state index contributed by atoms with van der Waals surface area (Å²) in [7, 11) is 1.59. The molecule has 1 aromatic carbocycles. The average Bonchev–Trinajstić information content (AvgIpc) is 3.58. The number of primary amides is 1. The van der Waals surface area contributed by atoms with Crippen LogP contribution in [0.15, 0.2) is 29.6 Å². The van der Waals surface area contributed by atoms with Crippen LogP contribution in [0.1, 0.15) is 61.3 Å². The number of likely N-dealkylation sites (tertiary alicyclic amines) is 1. The molecule has 4 rings (SSSR count). The van der Waals surface area contributed by atoms with Crippen LogP contribution in [0.5, 0.6) is 11.5 Å². The van der Waals surface area contributed by atoms with E-state index >= 15 is 0 Å². The number of fused-ring (bicyclic) bond motifs is 1. The number of carbonyl (C=O) groups is 3. The maximum Gasteiger partial charge on any atom is 0.407 e. The molecule has 0 spiro atoms. The Hall–Kier alpha value is -4.13. The molecule has 3 aromatic rings. The predicted molar refractivity (Wildman–Crippen MR) is 175 cm³/mol. The number of amides is 3. The Morgan fingerprint density at radius 1 is 1.11 bits per heavy atom. The number of rotatable bonds is 11. The number of nitrogens with zero attached hydrogens (tertiary/aromatic N) is 3. The highest BCUT2D eigenvalue weighted by atomic mass is 32.1. The van der Waals surface area contributed by atoms with Crippen molar-refractivity contribution in [1.29, 1.82) is 0 Å². The molecule has 0 saturated carbocycles. The lowest BCUT2D eigenvalue weighted by molar-refractivity contribution is -0.138. The van der Waals surface area contributed by atoms with Gasteiger partial charge in [0.15, 0.2) is 5.13 Å². The highest BCUT2D eigenvalue weighted by Crippen LogP contribution is 2.35. The lowest BCUT2D eigenvalue weighted by Crippen LogP contribution is -2.48. The molecule has 0 radical (unpaired) electrons. The highest BCUT2D eigenvalue weighted by Gasteiger charge is 2.41. The summed E-state index contributed by atoms with van der Waals surface area (Å²) >= 11 is 1.49. The van der Waals surface area contributed by atoms with Gasteiger partial charge in [0.25, 0.3) is 0 Å². The smallest absolute Gasteiger partial charge is 0.407 e. The Balaban J connectivity index is 1.58. The van der Waals surface area contributed by atoms with Crippen LogP contribution in [-0.2, 0) is 14.3 Å². The van der Waals surface area contributed by atoms with Crippen molar-refractivity contribution in [2.24, 2.45) is 11.7 Å². The van der Waals surface area contributed by atoms with Crippen molar-refractivity contribution in [3.8, 4) is 22.9 Å². The van der Waals surface area contributed by atoms with E-state index < -0.39 is 35.8 Å². The van der Waals surface area contributed by atoms with Crippen molar-refractivity contribution < 1.29 is 28.6 Å². The number of anilines is 1. The van der Waals surface area contributed by atoms with Crippen LogP contribution >= 0.6 is 11.3 Å². The van der Waals surface area contributed by atoms with Crippen LogP contribution in [0.3, 0.4) is 0 Å². The van der Waals surface area contributed by atoms with Gasteiger partial charge >= 0.3 is 6.09 Å². The first kappa shape index (κ1) is 33.8. The summed E-state index contributed by atoms with van der Waals surface area (Å²) in [6.07, 6.45) is -0.919. The number of thiazole rings is 1. The first-order chi connectivity index (χ1) is 21.1. The summed E-state index contributed by atoms with van der Waals surface area (Å²) in [6, 6.07) is 6.21. The fraction of sp³-hybridized carbons (Fsp3) is 0.531. The normalized spacial score (nSPS) is 17.4. The van der Waals surface area contributed by atoms with Gasteiger partial charge in [0.2, 0.25) is 11.8 Å². The molecule has 0 unspecified atom stereocenters. The number of hydrogen-bond donors (Lipinski definition) is 3. The maximum atomic E-state index is 13.6. The monoisotopic (exact) mass is 640 g/mol. The number of hydrogen-bond acceptors (Lipinski definition) is 10. The number of aromatic nitrogens is 2. The summed E-state index contributed by atoms with van der Waals surface area (Å²) in [5.74, 6) is 0.192. The summed E-state index contributed by atoms with van der Waals surface area (Å²) < 4.78 is 17.3. The third kappa shape index (κ3) is 8.74. The molecule has 2 aromatic heterocycles. The molecular formula is C32H44N6O6S. The summed E-state index contributed by atoms with van der Waals surface area (Å²) in [5.41, 5.74) is 7.04. The third-order valence-corrected chi connectivity index (χ3v) is 8.04. The molecule has 3 amide bonds. The van der Waals surface area contributed by atoms with Gasteiger partial charge in [0.05, 0.1) is 24.9 Å². The van der Waals surface area contributed by atoms with Crippen molar-refractivity contribution in [3.63, 3.8) is 0 Å². The van der Waals surface area contributed by atoms with Crippen LogP contribution in [0, 0.1) is 5.92 Å². The van der Waals surface area contributed by atoms with E-state index in [-0.39, 0.29) is 37.3 Å². The first-order valence-electron chi connectivity index (χ1n) is 15.1. The molecule has 13 heteroatoms. The topological polar surface area (TPSA) is 158 Å². The SMILES string of the molecule is COc1ccc2c(O[C@@H]3C[C@@H](C(N)=O)N(C(=O)C[C@@H](NC(=O)OC(C)(C)C)C(C)C)C3)cc(-c3csc(NC(C)C)n3)nc2c1. The van der Waals surface area contributed by atoms with Gasteiger partial charge in [-0.3, -0.25) is 9.59 Å². The number of ether oxygens (including phenoxy) is 3. The lowest BCUT2D eigenvalue weighted by atomic mass is 10.00. The van der Waals surface area contributed by atoms with Gasteiger partial charge in [-0.15, -0.1) is 11.3 Å². The van der Waals surface area contributed by atoms with E-state index in [1.807, 2.05) is 57.3 Å². The molecule has 0 aliphatic carbocycles. The summed E-state index contributed by atoms with van der Waals surface area (Å²) in [6.45, 7) is 13.4. The van der Waals surface area contributed by atoms with Crippen molar-refractivity contribution in [1.82, 2.24) is 20.2 Å². The minimum atomic E-state index is -0.854. The Kier molecular flexibility index (Phi) is 10.4. The van der Waals surface area contributed by atoms with Crippen molar-refractivity contribution in [2.75, 3.05) is 19.0 Å². The molecule has 45 heavy (non-hydrogen) atoms. The zero-order valence-electron chi connectivity index (χ0n) is 27.2. The van der Waals surface area contributed by atoms with Gasteiger partial charge in [-0.25, -0.2) is 14.8 Å². The van der Waals surface area contributed by atoms with Crippen molar-refractivity contribution >= 4 is 45.3 Å². The standard InChI is InChI=1S/C32H44N6O6S/c1-17(2)22(37-31(41)44-32(5,6)7)14-28(39)38-15-20(12-26(38)29(33)40)43-27-13-24(25-16-45-30(36-25)34-18(3)4)35-23-11-19(42-8)9-10-21(23)27/h9-11,13,16-18,20,22,26H,12,14-15H2,1-8H3,(H2,33,40)(H,34,36)(H,37,41)/t20-,22-,26+/m1/s1. The van der Waals surface area contributed by atoms with Gasteiger partial charge < -0.3 is 35.5 Å². The number of carbonyl (C=O) groups excluding carboxylic acids is 3. The molecule has 244 valence electrons. The molecule has 3 atom stereocenters. The number of nitrogens with one attached hydrogen (secondary N) is 2. The Morgan fingerprint density at radius 3 is 2.47 bits per heavy atom. The fourth-order valence-corrected chi connectivity index (χ4v) is 5.91. The van der Waals surface area contributed by atoms with Crippen molar-refractivity contribution in [2.45, 2.75) is 91.1 Å². The second-order valence-electron chi connectivity index (χ2n) is 12.9. The van der Waals surface area contributed by atoms with E-state index in [0.717, 1.165) is 10.5 Å². The third-order valence-electron chi connectivity index (χ3n) is 7.26. The van der Waals surface area contributed by atoms with Crippen LogP contribution in [0.2, 0.25) is 0 Å². The Labute approximate surface area is 268 Å². The minimum Gasteiger partial charge on any atom is -0.497 e. The molecule has 1 fully saturated rings. The molecule has 4 N–H and O–H groups in total. The van der Waals surface area contributed by atoms with E-state index in [1.165, 1.54) is 16.2 Å². The van der Waals surface area contributed by atoms with E-state index in [1.54, 1.807) is 27.9 Å². The molecule has 1 aliphatic heterocycles. The first-order valence-corrected chi connectivity index (χ1v) is 16.0. The Bertz CT molecular complexity index is 1530. The molecule has 1 aliphatic rings. The summed E-state index contributed by atoms with van der Waals surface area (Å²) in [5, 5.41) is 9.57. The average molecular weight is 641 g/mol. The van der Waals surface area contributed by atoms with E-state index in [9.17, 15) is 14.4 Å². The second-order valence-corrected chi connectivity index (χ2v) is 13.7. The highest BCUT2D eigenvalue weighted by molar-refractivity contribution is 7.14. The van der Waals surface area contributed by atoms with E-state index in [4.69, 9.17) is 29.9 Å². The number of pyridine rings is 1.